The summed E-state index contributed by atoms with van der Waals surface area (Å²) >= 11 is 0. The maximum Gasteiger partial charge on any atom is 0.226 e. The van der Waals surface area contributed by atoms with Crippen LogP contribution in [0, 0.1) is 0 Å². The van der Waals surface area contributed by atoms with Crippen molar-refractivity contribution in [3.8, 4) is 0 Å². The summed E-state index contributed by atoms with van der Waals surface area (Å²) in [6.07, 6.45) is 0. The lowest BCUT2D eigenvalue weighted by atomic mass is 10.2. The third kappa shape index (κ3) is 3.18. The highest BCUT2D eigenvalue weighted by Crippen LogP contribution is 2.30. The number of sulfone groups is 1. The van der Waals surface area contributed by atoms with E-state index in [1.165, 1.54) is 0 Å². The summed E-state index contributed by atoms with van der Waals surface area (Å²) in [5, 5.41) is 8.44. The van der Waals surface area contributed by atoms with Crippen LogP contribution in [-0.2, 0) is 16.9 Å². The standard InChI is InChI=1S/C18H20N4O2S.ClH/c1-21-17-8-7-14(22-11-9-19-10-12-22)13-16(17)18(20-21)25(23,24)15-5-3-2-4-6-15;/h2-8,13,19H,9-12H2,1H3;1H. The zero-order chi connectivity index (χ0) is 17.4. The fraction of sp³-hybridized carbons (Fsp3) is 0.278. The molecule has 6 nitrogen and oxygen atoms in total. The molecule has 0 aliphatic carbocycles. The van der Waals surface area contributed by atoms with E-state index in [0.29, 0.717) is 5.39 Å². The molecule has 0 amide bonds. The number of nitrogens with one attached hydrogen (secondary N) is 1. The van der Waals surface area contributed by atoms with Gasteiger partial charge in [0.15, 0.2) is 5.03 Å². The van der Waals surface area contributed by atoms with Crippen molar-refractivity contribution >= 4 is 38.8 Å². The zero-order valence-corrected chi connectivity index (χ0v) is 16.1. The number of anilines is 1. The topological polar surface area (TPSA) is 67.2 Å². The molecule has 1 aromatic heterocycles. The molecule has 2 heterocycles. The Morgan fingerprint density at radius 1 is 1.04 bits per heavy atom. The molecule has 26 heavy (non-hydrogen) atoms. The van der Waals surface area contributed by atoms with E-state index in [4.69, 9.17) is 0 Å². The largest absolute Gasteiger partial charge is 0.369 e. The van der Waals surface area contributed by atoms with Crippen molar-refractivity contribution in [3.05, 3.63) is 48.5 Å². The van der Waals surface area contributed by atoms with Gasteiger partial charge in [-0.2, -0.15) is 5.10 Å². The smallest absolute Gasteiger partial charge is 0.226 e. The number of aryl methyl sites for hydroxylation is 1. The first kappa shape index (κ1) is 18.7. The van der Waals surface area contributed by atoms with E-state index < -0.39 is 9.84 Å². The molecule has 3 aromatic rings. The first-order valence-corrected chi connectivity index (χ1v) is 9.78. The highest BCUT2D eigenvalue weighted by Gasteiger charge is 2.25. The van der Waals surface area contributed by atoms with Gasteiger partial charge in [0.05, 0.1) is 10.4 Å². The minimum atomic E-state index is -3.66. The molecule has 1 fully saturated rings. The summed E-state index contributed by atoms with van der Waals surface area (Å²) in [6.45, 7) is 3.68. The fourth-order valence-corrected chi connectivity index (χ4v) is 4.67. The molecule has 1 aliphatic heterocycles. The van der Waals surface area contributed by atoms with E-state index in [2.05, 4.69) is 15.3 Å². The molecule has 1 aliphatic rings. The normalized spacial score (nSPS) is 15.0. The lowest BCUT2D eigenvalue weighted by Gasteiger charge is -2.29. The Morgan fingerprint density at radius 3 is 2.42 bits per heavy atom. The van der Waals surface area contributed by atoms with Crippen molar-refractivity contribution in [1.29, 1.82) is 0 Å². The second-order valence-electron chi connectivity index (χ2n) is 6.18. The fourth-order valence-electron chi connectivity index (χ4n) is 3.25. The number of aromatic nitrogens is 2. The van der Waals surface area contributed by atoms with E-state index >= 15 is 0 Å². The van der Waals surface area contributed by atoms with Crippen LogP contribution < -0.4 is 10.2 Å². The number of nitrogens with zero attached hydrogens (tertiary/aromatic N) is 3. The Kier molecular flexibility index (Phi) is 5.22. The molecule has 8 heteroatoms. The summed E-state index contributed by atoms with van der Waals surface area (Å²) in [7, 11) is -1.88. The second kappa shape index (κ2) is 7.26. The van der Waals surface area contributed by atoms with Gasteiger partial charge in [-0.1, -0.05) is 18.2 Å². The molecule has 2 aromatic carbocycles. The van der Waals surface area contributed by atoms with Gasteiger partial charge in [0, 0.05) is 44.3 Å². The summed E-state index contributed by atoms with van der Waals surface area (Å²) in [6, 6.07) is 14.4. The first-order chi connectivity index (χ1) is 12.1. The third-order valence-corrected chi connectivity index (χ3v) is 6.29. The minimum Gasteiger partial charge on any atom is -0.369 e. The van der Waals surface area contributed by atoms with Crippen LogP contribution in [0.1, 0.15) is 0 Å². The summed E-state index contributed by atoms with van der Waals surface area (Å²) in [5.41, 5.74) is 1.85. The van der Waals surface area contributed by atoms with Crippen LogP contribution in [0.2, 0.25) is 0 Å². The molecule has 0 bridgehead atoms. The number of fused-ring (bicyclic) bond motifs is 1. The van der Waals surface area contributed by atoms with E-state index in [1.54, 1.807) is 42.1 Å². The van der Waals surface area contributed by atoms with Gasteiger partial charge in [-0.05, 0) is 30.3 Å². The lowest BCUT2D eigenvalue weighted by molar-refractivity contribution is 0.588. The molecule has 0 radical (unpaired) electrons. The monoisotopic (exact) mass is 392 g/mol. The third-order valence-electron chi connectivity index (χ3n) is 4.59. The van der Waals surface area contributed by atoms with Gasteiger partial charge < -0.3 is 10.2 Å². The van der Waals surface area contributed by atoms with Crippen LogP contribution in [0.25, 0.3) is 10.9 Å². The van der Waals surface area contributed by atoms with Crippen molar-refractivity contribution in [1.82, 2.24) is 15.1 Å². The maximum atomic E-state index is 13.0. The summed E-state index contributed by atoms with van der Waals surface area (Å²) < 4.78 is 27.7. The Labute approximate surface area is 159 Å². The highest BCUT2D eigenvalue weighted by molar-refractivity contribution is 7.91. The van der Waals surface area contributed by atoms with E-state index in [-0.39, 0.29) is 22.3 Å². The van der Waals surface area contributed by atoms with Gasteiger partial charge in [0.1, 0.15) is 0 Å². The van der Waals surface area contributed by atoms with Gasteiger partial charge in [0.2, 0.25) is 9.84 Å². The maximum absolute atomic E-state index is 13.0. The number of rotatable bonds is 3. The van der Waals surface area contributed by atoms with Crippen molar-refractivity contribution in [2.75, 3.05) is 31.1 Å². The van der Waals surface area contributed by atoms with Crippen LogP contribution in [0.5, 0.6) is 0 Å². The quantitative estimate of drug-likeness (QED) is 0.740. The first-order valence-electron chi connectivity index (χ1n) is 8.30. The van der Waals surface area contributed by atoms with Gasteiger partial charge in [0.25, 0.3) is 0 Å². The molecule has 4 rings (SSSR count). The predicted molar refractivity (Wildman–Crippen MR) is 105 cm³/mol. The molecular weight excluding hydrogens is 372 g/mol. The van der Waals surface area contributed by atoms with Gasteiger partial charge in [-0.15, -0.1) is 12.4 Å². The zero-order valence-electron chi connectivity index (χ0n) is 14.4. The van der Waals surface area contributed by atoms with Crippen LogP contribution in [0.4, 0.5) is 5.69 Å². The Morgan fingerprint density at radius 2 is 1.73 bits per heavy atom. The Hall–Kier alpha value is -2.09. The van der Waals surface area contributed by atoms with Crippen molar-refractivity contribution in [2.45, 2.75) is 9.92 Å². The van der Waals surface area contributed by atoms with E-state index in [9.17, 15) is 8.42 Å². The number of halogens is 1. The Balaban J connectivity index is 0.00000196. The number of hydrogen-bond acceptors (Lipinski definition) is 5. The van der Waals surface area contributed by atoms with E-state index in [0.717, 1.165) is 37.4 Å². The summed E-state index contributed by atoms with van der Waals surface area (Å²) in [5.74, 6) is 0. The van der Waals surface area contributed by atoms with Crippen LogP contribution in [0.3, 0.4) is 0 Å². The van der Waals surface area contributed by atoms with Crippen LogP contribution in [0.15, 0.2) is 58.5 Å². The van der Waals surface area contributed by atoms with Crippen molar-refractivity contribution in [3.63, 3.8) is 0 Å². The molecule has 0 saturated carbocycles. The van der Waals surface area contributed by atoms with Crippen LogP contribution in [-0.4, -0.2) is 44.4 Å². The SMILES string of the molecule is Cl.Cn1nc(S(=O)(=O)c2ccccc2)c2cc(N3CCNCC3)ccc21. The number of piperazine rings is 1. The molecule has 1 N–H and O–H groups in total. The van der Waals surface area contributed by atoms with Crippen molar-refractivity contribution < 1.29 is 8.42 Å². The van der Waals surface area contributed by atoms with Gasteiger partial charge >= 0.3 is 0 Å². The average Bonchev–Trinajstić information content (AvgIpc) is 3.00. The van der Waals surface area contributed by atoms with Gasteiger partial charge in [-0.25, -0.2) is 8.42 Å². The molecule has 0 spiro atoms. The average molecular weight is 393 g/mol. The Bertz CT molecular complexity index is 1010. The predicted octanol–water partition coefficient (Wildman–Crippen LogP) is 2.24. The second-order valence-corrected chi connectivity index (χ2v) is 8.05. The molecule has 138 valence electrons. The van der Waals surface area contributed by atoms with Crippen molar-refractivity contribution in [2.24, 2.45) is 7.05 Å². The molecule has 1 saturated heterocycles. The van der Waals surface area contributed by atoms with E-state index in [1.807, 2.05) is 18.2 Å². The number of benzene rings is 2. The highest BCUT2D eigenvalue weighted by atomic mass is 35.5. The number of hydrogen-bond donors (Lipinski definition) is 1. The molecule has 0 atom stereocenters. The molecule has 0 unspecified atom stereocenters. The minimum absolute atomic E-state index is 0. The molecular formula is C18H21ClN4O2S. The lowest BCUT2D eigenvalue weighted by Crippen LogP contribution is -2.43. The van der Waals surface area contributed by atoms with Gasteiger partial charge in [-0.3, -0.25) is 4.68 Å². The van der Waals surface area contributed by atoms with Crippen LogP contribution >= 0.6 is 12.4 Å². The summed E-state index contributed by atoms with van der Waals surface area (Å²) in [4.78, 5) is 2.53.